The molecule has 0 saturated carbocycles. The number of aromatic nitrogens is 1. The van der Waals surface area contributed by atoms with Crippen molar-refractivity contribution in [1.29, 1.82) is 0 Å². The number of piperazine rings is 1. The Labute approximate surface area is 200 Å². The second-order valence-electron chi connectivity index (χ2n) is 9.47. The molecule has 1 N–H and O–H groups in total. The van der Waals surface area contributed by atoms with Crippen molar-refractivity contribution in [3.05, 3.63) is 70.9 Å². The van der Waals surface area contributed by atoms with Gasteiger partial charge in [0.05, 0.1) is 5.70 Å². The Bertz CT molecular complexity index is 1050. The predicted octanol–water partition coefficient (Wildman–Crippen LogP) is 4.28. The minimum atomic E-state index is 0.0241. The number of nitrogens with zero attached hydrogens (tertiary/aromatic N) is 3. The molecule has 6 heteroatoms. The smallest absolute Gasteiger partial charge is 0.255 e. The fraction of sp³-hybridized carbons (Fsp3) is 0.444. The highest BCUT2D eigenvalue weighted by Crippen LogP contribution is 2.30. The highest BCUT2D eigenvalue weighted by Gasteiger charge is 2.25. The lowest BCUT2D eigenvalue weighted by atomic mass is 10.1. The minimum Gasteiger partial charge on any atom is -0.367 e. The number of nitrogens with one attached hydrogen (secondary N) is 1. The summed E-state index contributed by atoms with van der Waals surface area (Å²) in [5.41, 5.74) is 7.08. The largest absolute Gasteiger partial charge is 0.367 e. The first-order chi connectivity index (χ1) is 15.9. The van der Waals surface area contributed by atoms with Crippen molar-refractivity contribution in [2.75, 3.05) is 19.3 Å². The highest BCUT2D eigenvalue weighted by molar-refractivity contribution is 7.47. The number of hydrogen-bond donors (Lipinski definition) is 1. The van der Waals surface area contributed by atoms with Crippen LogP contribution in [0.2, 0.25) is 0 Å². The minimum absolute atomic E-state index is 0.0241. The van der Waals surface area contributed by atoms with Crippen molar-refractivity contribution in [3.63, 3.8) is 0 Å². The van der Waals surface area contributed by atoms with Crippen LogP contribution in [0, 0.1) is 0 Å². The molecular formula is C27H37N4OP. The maximum absolute atomic E-state index is 13.5. The summed E-state index contributed by atoms with van der Waals surface area (Å²) in [5.74, 6) is 0.0241. The molecule has 1 fully saturated rings. The Hall–Kier alpha value is -2.36. The number of allylic oxidation sites excluding steroid dienone is 5. The van der Waals surface area contributed by atoms with Crippen molar-refractivity contribution >= 4 is 26.0 Å². The van der Waals surface area contributed by atoms with Gasteiger partial charge in [0.1, 0.15) is 0 Å². The van der Waals surface area contributed by atoms with Crippen molar-refractivity contribution in [1.82, 2.24) is 19.7 Å². The zero-order chi connectivity index (χ0) is 23.5. The summed E-state index contributed by atoms with van der Waals surface area (Å²) in [6.07, 6.45) is 17.7. The van der Waals surface area contributed by atoms with Crippen LogP contribution in [0.25, 0.3) is 6.08 Å². The van der Waals surface area contributed by atoms with E-state index < -0.39 is 0 Å². The van der Waals surface area contributed by atoms with Gasteiger partial charge in [-0.15, -0.1) is 0 Å². The Balaban J connectivity index is 1.59. The molecule has 0 aliphatic carbocycles. The number of amides is 1. The van der Waals surface area contributed by atoms with Gasteiger partial charge >= 0.3 is 0 Å². The first-order valence-corrected chi connectivity index (χ1v) is 13.3. The lowest BCUT2D eigenvalue weighted by Crippen LogP contribution is -2.53. The monoisotopic (exact) mass is 464 g/mol. The molecule has 3 aliphatic heterocycles. The molecule has 176 valence electrons. The van der Waals surface area contributed by atoms with Crippen molar-refractivity contribution in [2.45, 2.75) is 52.6 Å². The van der Waals surface area contributed by atoms with Gasteiger partial charge in [0, 0.05) is 61.8 Å². The van der Waals surface area contributed by atoms with E-state index in [-0.39, 0.29) is 5.91 Å². The molecule has 4 heterocycles. The Kier molecular flexibility index (Phi) is 7.41. The normalized spacial score (nSPS) is 25.4. The maximum Gasteiger partial charge on any atom is 0.255 e. The Morgan fingerprint density at radius 2 is 2.00 bits per heavy atom. The van der Waals surface area contributed by atoms with Crippen LogP contribution in [-0.4, -0.2) is 51.6 Å². The molecule has 0 bridgehead atoms. The zero-order valence-electron chi connectivity index (χ0n) is 20.6. The van der Waals surface area contributed by atoms with Gasteiger partial charge in [0.15, 0.2) is 0 Å². The molecule has 0 aromatic carbocycles. The van der Waals surface area contributed by atoms with E-state index in [1.165, 1.54) is 16.6 Å². The lowest BCUT2D eigenvalue weighted by molar-refractivity contribution is -0.122. The van der Waals surface area contributed by atoms with Crippen LogP contribution in [0.5, 0.6) is 0 Å². The molecule has 33 heavy (non-hydrogen) atoms. The lowest BCUT2D eigenvalue weighted by Gasteiger charge is -2.39. The maximum atomic E-state index is 13.5. The van der Waals surface area contributed by atoms with Gasteiger partial charge in [-0.25, -0.2) is 0 Å². The van der Waals surface area contributed by atoms with E-state index in [4.69, 9.17) is 0 Å². The molecule has 2 unspecified atom stereocenters. The fourth-order valence-corrected chi connectivity index (χ4v) is 6.21. The molecule has 0 radical (unpaired) electrons. The number of carbonyl (C=O) groups is 1. The summed E-state index contributed by atoms with van der Waals surface area (Å²) < 4.78 is 2.21. The summed E-state index contributed by atoms with van der Waals surface area (Å²) in [6.45, 7) is 10.6. The molecule has 4 rings (SSSR count). The standard InChI is InChI=1S/C27H37N4OP/c1-6-7-8-24-9-10-25(30-15-20(3)28-21(4)16-30)17-31(24)26(32)13-19(2)23-14-22-11-12-29(5)27(22)33-18-23/h8-14,17,20-21,28,33H,6-7,15-16,18H2,1-5H3/b19-13+,24-8+/t20-,21?/m0/s1. The summed E-state index contributed by atoms with van der Waals surface area (Å²) in [5, 5.41) is 3.59. The molecule has 1 aromatic heterocycles. The number of rotatable bonds is 5. The van der Waals surface area contributed by atoms with Crippen LogP contribution in [-0.2, 0) is 11.8 Å². The van der Waals surface area contributed by atoms with Gasteiger partial charge in [0.25, 0.3) is 5.91 Å². The van der Waals surface area contributed by atoms with E-state index >= 15 is 0 Å². The third-order valence-electron chi connectivity index (χ3n) is 6.49. The van der Waals surface area contributed by atoms with Gasteiger partial charge < -0.3 is 14.8 Å². The highest BCUT2D eigenvalue weighted by atomic mass is 31.1. The Morgan fingerprint density at radius 3 is 2.73 bits per heavy atom. The number of fused-ring (bicyclic) bond motifs is 1. The van der Waals surface area contributed by atoms with E-state index in [0.717, 1.165) is 57.6 Å². The topological polar surface area (TPSA) is 40.5 Å². The van der Waals surface area contributed by atoms with Crippen molar-refractivity contribution in [3.8, 4) is 0 Å². The van der Waals surface area contributed by atoms with Crippen molar-refractivity contribution < 1.29 is 4.79 Å². The van der Waals surface area contributed by atoms with Crippen molar-refractivity contribution in [2.24, 2.45) is 7.05 Å². The number of unbranched alkanes of at least 4 members (excludes halogenated alkanes) is 1. The first kappa shape index (κ1) is 23.8. The molecule has 5 nitrogen and oxygen atoms in total. The van der Waals surface area contributed by atoms with E-state index in [9.17, 15) is 4.79 Å². The van der Waals surface area contributed by atoms with Gasteiger partial charge in [-0.2, -0.15) is 0 Å². The molecule has 1 saturated heterocycles. The van der Waals surface area contributed by atoms with Crippen LogP contribution < -0.4 is 10.8 Å². The first-order valence-electron chi connectivity index (χ1n) is 12.1. The molecular weight excluding hydrogens is 427 g/mol. The number of hydrogen-bond acceptors (Lipinski definition) is 3. The van der Waals surface area contributed by atoms with Gasteiger partial charge in [0.2, 0.25) is 0 Å². The summed E-state index contributed by atoms with van der Waals surface area (Å²) >= 11 is 0. The summed E-state index contributed by atoms with van der Waals surface area (Å²) in [4.78, 5) is 17.7. The van der Waals surface area contributed by atoms with Crippen LogP contribution in [0.3, 0.4) is 0 Å². The van der Waals surface area contributed by atoms with Crippen LogP contribution in [0.15, 0.2) is 65.3 Å². The molecule has 3 atom stereocenters. The summed E-state index contributed by atoms with van der Waals surface area (Å²) in [7, 11) is 2.85. The SMILES string of the molecule is CCC/C=C1\C=CC(N2CC(C)N[C@@H](C)C2)=CN1C(=O)/C=C(\C)C1=Cc2ccn(C)c2PC1. The van der Waals surface area contributed by atoms with E-state index in [0.29, 0.717) is 12.1 Å². The van der Waals surface area contributed by atoms with Crippen LogP contribution >= 0.6 is 8.58 Å². The second-order valence-corrected chi connectivity index (χ2v) is 10.6. The van der Waals surface area contributed by atoms with Crippen LogP contribution in [0.4, 0.5) is 0 Å². The van der Waals surface area contributed by atoms with Gasteiger partial charge in [-0.1, -0.05) is 28.0 Å². The third-order valence-corrected chi connectivity index (χ3v) is 8.03. The second kappa shape index (κ2) is 10.3. The van der Waals surface area contributed by atoms with Crippen LogP contribution in [0.1, 0.15) is 46.1 Å². The molecule has 0 spiro atoms. The van der Waals surface area contributed by atoms with E-state index in [1.54, 1.807) is 0 Å². The molecule has 1 aromatic rings. The summed E-state index contributed by atoms with van der Waals surface area (Å²) in [6, 6.07) is 3.02. The quantitative estimate of drug-likeness (QED) is 0.522. The van der Waals surface area contributed by atoms with E-state index in [2.05, 4.69) is 86.1 Å². The predicted molar refractivity (Wildman–Crippen MR) is 141 cm³/mol. The third kappa shape index (κ3) is 5.42. The fourth-order valence-electron chi connectivity index (χ4n) is 4.79. The molecule has 3 aliphatic rings. The van der Waals surface area contributed by atoms with Gasteiger partial charge in [-0.3, -0.25) is 9.69 Å². The average Bonchev–Trinajstić information content (AvgIpc) is 3.17. The number of carbonyl (C=O) groups excluding carboxylic acids is 1. The average molecular weight is 465 g/mol. The molecule has 1 amide bonds. The van der Waals surface area contributed by atoms with E-state index in [1.807, 2.05) is 17.2 Å². The van der Waals surface area contributed by atoms with Gasteiger partial charge in [-0.05, 0) is 74.4 Å². The Morgan fingerprint density at radius 1 is 1.24 bits per heavy atom. The number of aryl methyl sites for hydroxylation is 1. The zero-order valence-corrected chi connectivity index (χ0v) is 21.6.